The SMILES string of the molecule is [CH2][C@@H](Cc1ccccc1)NC(=O)N1CCN(c2ccc(Cl)cc2)CC1. The van der Waals surface area contributed by atoms with Crippen molar-refractivity contribution < 1.29 is 4.79 Å². The average molecular weight is 357 g/mol. The molecule has 5 heteroatoms. The van der Waals surface area contributed by atoms with Crippen molar-refractivity contribution in [3.8, 4) is 0 Å². The Morgan fingerprint density at radius 1 is 1.04 bits per heavy atom. The van der Waals surface area contributed by atoms with E-state index in [1.807, 2.05) is 47.4 Å². The van der Waals surface area contributed by atoms with Gasteiger partial charge in [-0.1, -0.05) is 41.9 Å². The fourth-order valence-corrected chi connectivity index (χ4v) is 3.16. The van der Waals surface area contributed by atoms with Crippen LogP contribution in [0, 0.1) is 6.92 Å². The number of hydrogen-bond acceptors (Lipinski definition) is 2. The number of amides is 2. The number of rotatable bonds is 4. The van der Waals surface area contributed by atoms with Crippen LogP contribution in [0.5, 0.6) is 0 Å². The summed E-state index contributed by atoms with van der Waals surface area (Å²) >= 11 is 5.94. The van der Waals surface area contributed by atoms with Gasteiger partial charge in [-0.2, -0.15) is 0 Å². The molecule has 2 aromatic carbocycles. The van der Waals surface area contributed by atoms with Gasteiger partial charge in [0, 0.05) is 42.9 Å². The molecule has 1 fully saturated rings. The summed E-state index contributed by atoms with van der Waals surface area (Å²) in [5.41, 5.74) is 2.32. The summed E-state index contributed by atoms with van der Waals surface area (Å²) in [6.45, 7) is 7.09. The van der Waals surface area contributed by atoms with E-state index in [9.17, 15) is 4.79 Å². The molecule has 25 heavy (non-hydrogen) atoms. The van der Waals surface area contributed by atoms with E-state index in [4.69, 9.17) is 11.6 Å². The summed E-state index contributed by atoms with van der Waals surface area (Å²) in [4.78, 5) is 16.6. The van der Waals surface area contributed by atoms with E-state index in [1.165, 1.54) is 5.56 Å². The number of nitrogens with one attached hydrogen (secondary N) is 1. The molecule has 1 aliphatic heterocycles. The van der Waals surface area contributed by atoms with Gasteiger partial charge >= 0.3 is 6.03 Å². The first kappa shape index (κ1) is 17.6. The molecule has 0 bridgehead atoms. The predicted molar refractivity (Wildman–Crippen MR) is 103 cm³/mol. The van der Waals surface area contributed by atoms with Gasteiger partial charge in [-0.05, 0) is 43.2 Å². The first-order valence-electron chi connectivity index (χ1n) is 8.55. The lowest BCUT2D eigenvalue weighted by atomic mass is 10.1. The fraction of sp³-hybridized carbons (Fsp3) is 0.300. The molecule has 0 aliphatic carbocycles. The zero-order valence-corrected chi connectivity index (χ0v) is 15.0. The van der Waals surface area contributed by atoms with E-state index in [1.54, 1.807) is 0 Å². The summed E-state index contributed by atoms with van der Waals surface area (Å²) in [5, 5.41) is 3.74. The first-order valence-corrected chi connectivity index (χ1v) is 8.92. The van der Waals surface area contributed by atoms with Crippen LogP contribution < -0.4 is 10.2 Å². The van der Waals surface area contributed by atoms with Gasteiger partial charge < -0.3 is 15.1 Å². The highest BCUT2D eigenvalue weighted by atomic mass is 35.5. The number of anilines is 1. The lowest BCUT2D eigenvalue weighted by Crippen LogP contribution is -2.53. The van der Waals surface area contributed by atoms with Crippen LogP contribution >= 0.6 is 11.6 Å². The largest absolute Gasteiger partial charge is 0.368 e. The summed E-state index contributed by atoms with van der Waals surface area (Å²) in [6, 6.07) is 17.7. The average Bonchev–Trinajstić information content (AvgIpc) is 2.63. The molecule has 1 atom stereocenters. The molecular formula is C20H23ClN3O. The van der Waals surface area contributed by atoms with Crippen molar-refractivity contribution in [3.05, 3.63) is 72.1 Å². The van der Waals surface area contributed by atoms with Gasteiger partial charge in [0.1, 0.15) is 0 Å². The molecule has 1 aliphatic rings. The maximum absolute atomic E-state index is 12.4. The lowest BCUT2D eigenvalue weighted by molar-refractivity contribution is 0.192. The standard InChI is InChI=1S/C20H23ClN3O/c1-16(15-17-5-3-2-4-6-17)22-20(25)24-13-11-23(12-14-24)19-9-7-18(21)8-10-19/h2-10,16H,1,11-15H2,(H,22,25)/t16-/m0/s1. The van der Waals surface area contributed by atoms with Gasteiger partial charge in [0.05, 0.1) is 0 Å². The van der Waals surface area contributed by atoms with E-state index in [-0.39, 0.29) is 12.1 Å². The normalized spacial score (nSPS) is 15.8. The van der Waals surface area contributed by atoms with Crippen molar-refractivity contribution in [1.29, 1.82) is 0 Å². The third-order valence-electron chi connectivity index (χ3n) is 4.41. The second-order valence-electron chi connectivity index (χ2n) is 6.29. The fourth-order valence-electron chi connectivity index (χ4n) is 3.04. The summed E-state index contributed by atoms with van der Waals surface area (Å²) in [5.74, 6) is 0. The number of urea groups is 1. The maximum atomic E-state index is 12.4. The van der Waals surface area contributed by atoms with E-state index in [0.717, 1.165) is 30.2 Å². The van der Waals surface area contributed by atoms with Gasteiger partial charge in [0.15, 0.2) is 0 Å². The number of hydrogen-bond donors (Lipinski definition) is 1. The van der Waals surface area contributed by atoms with Crippen LogP contribution in [-0.2, 0) is 6.42 Å². The molecule has 1 N–H and O–H groups in total. The number of nitrogens with zero attached hydrogens (tertiary/aromatic N) is 2. The van der Waals surface area contributed by atoms with E-state index < -0.39 is 0 Å². The van der Waals surface area contributed by atoms with Gasteiger partial charge in [0.2, 0.25) is 0 Å². The molecule has 4 nitrogen and oxygen atoms in total. The number of carbonyl (C=O) groups is 1. The van der Waals surface area contributed by atoms with Crippen molar-refractivity contribution in [1.82, 2.24) is 10.2 Å². The molecule has 0 unspecified atom stereocenters. The number of piperazine rings is 1. The lowest BCUT2D eigenvalue weighted by Gasteiger charge is -2.36. The zero-order chi connectivity index (χ0) is 17.6. The summed E-state index contributed by atoms with van der Waals surface area (Å²) < 4.78 is 0. The number of halogens is 1. The third kappa shape index (κ3) is 4.89. The van der Waals surface area contributed by atoms with E-state index in [0.29, 0.717) is 13.1 Å². The second-order valence-corrected chi connectivity index (χ2v) is 6.72. The Morgan fingerprint density at radius 2 is 1.68 bits per heavy atom. The highest BCUT2D eigenvalue weighted by Crippen LogP contribution is 2.19. The Balaban J connectivity index is 1.47. The zero-order valence-electron chi connectivity index (χ0n) is 14.2. The van der Waals surface area contributed by atoms with Gasteiger partial charge in [-0.15, -0.1) is 0 Å². The van der Waals surface area contributed by atoms with E-state index >= 15 is 0 Å². The Labute approximate surface area is 154 Å². The minimum atomic E-state index is -0.135. The molecule has 0 aromatic heterocycles. The molecule has 2 aromatic rings. The van der Waals surface area contributed by atoms with Crippen molar-refractivity contribution in [2.75, 3.05) is 31.1 Å². The minimum Gasteiger partial charge on any atom is -0.368 e. The first-order chi connectivity index (χ1) is 12.1. The Morgan fingerprint density at radius 3 is 2.32 bits per heavy atom. The molecular weight excluding hydrogens is 334 g/mol. The van der Waals surface area contributed by atoms with E-state index in [2.05, 4.69) is 29.3 Å². The van der Waals surface area contributed by atoms with Crippen LogP contribution in [0.25, 0.3) is 0 Å². The second kappa shape index (κ2) is 8.26. The highest BCUT2D eigenvalue weighted by molar-refractivity contribution is 6.30. The molecule has 0 saturated carbocycles. The van der Waals surface area contributed by atoms with Crippen LogP contribution in [0.3, 0.4) is 0 Å². The van der Waals surface area contributed by atoms with Crippen LogP contribution in [0.4, 0.5) is 10.5 Å². The van der Waals surface area contributed by atoms with Crippen LogP contribution in [0.1, 0.15) is 5.56 Å². The summed E-state index contributed by atoms with van der Waals surface area (Å²) in [7, 11) is 0. The maximum Gasteiger partial charge on any atom is 0.317 e. The third-order valence-corrected chi connectivity index (χ3v) is 4.66. The van der Waals surface area contributed by atoms with Crippen LogP contribution in [0.15, 0.2) is 54.6 Å². The van der Waals surface area contributed by atoms with Crippen molar-refractivity contribution in [3.63, 3.8) is 0 Å². The molecule has 2 amide bonds. The van der Waals surface area contributed by atoms with Crippen LogP contribution in [-0.4, -0.2) is 43.2 Å². The molecule has 3 rings (SSSR count). The number of carbonyl (C=O) groups excluding carboxylic acids is 1. The van der Waals surface area contributed by atoms with Crippen molar-refractivity contribution >= 4 is 23.3 Å². The van der Waals surface area contributed by atoms with Gasteiger partial charge in [0.25, 0.3) is 0 Å². The number of benzene rings is 2. The smallest absolute Gasteiger partial charge is 0.317 e. The van der Waals surface area contributed by atoms with Gasteiger partial charge in [-0.25, -0.2) is 4.79 Å². The predicted octanol–water partition coefficient (Wildman–Crippen LogP) is 3.62. The molecule has 1 heterocycles. The molecule has 1 radical (unpaired) electrons. The Bertz CT molecular complexity index is 682. The topological polar surface area (TPSA) is 35.6 Å². The minimum absolute atomic E-state index is 0.0355. The monoisotopic (exact) mass is 356 g/mol. The van der Waals surface area contributed by atoms with Crippen LogP contribution in [0.2, 0.25) is 5.02 Å². The van der Waals surface area contributed by atoms with Gasteiger partial charge in [-0.3, -0.25) is 0 Å². The summed E-state index contributed by atoms with van der Waals surface area (Å²) in [6.07, 6.45) is 0.733. The van der Waals surface area contributed by atoms with Crippen molar-refractivity contribution in [2.24, 2.45) is 0 Å². The highest BCUT2D eigenvalue weighted by Gasteiger charge is 2.22. The quantitative estimate of drug-likeness (QED) is 0.908. The Hall–Kier alpha value is -2.20. The molecule has 1 saturated heterocycles. The molecule has 131 valence electrons. The Kier molecular flexibility index (Phi) is 5.82. The molecule has 0 spiro atoms. The van der Waals surface area contributed by atoms with Crippen molar-refractivity contribution in [2.45, 2.75) is 12.5 Å².